The summed E-state index contributed by atoms with van der Waals surface area (Å²) in [5, 5.41) is 8.92. The average Bonchev–Trinajstić information content (AvgIpc) is 2.29. The summed E-state index contributed by atoms with van der Waals surface area (Å²) in [6.45, 7) is 2.59. The van der Waals surface area contributed by atoms with E-state index < -0.39 is 12.0 Å². The van der Waals surface area contributed by atoms with Gasteiger partial charge in [0.25, 0.3) is 0 Å². The number of hydrogen-bond acceptors (Lipinski definition) is 3. The Morgan fingerprint density at radius 1 is 1.44 bits per heavy atom. The summed E-state index contributed by atoms with van der Waals surface area (Å²) >= 11 is 0. The third-order valence-electron chi connectivity index (χ3n) is 2.24. The number of nitrogens with zero attached hydrogens (tertiary/aromatic N) is 1. The van der Waals surface area contributed by atoms with Gasteiger partial charge in [-0.3, -0.25) is 4.79 Å². The second-order valence-electron chi connectivity index (χ2n) is 3.35. The van der Waals surface area contributed by atoms with Gasteiger partial charge in [-0.05, 0) is 6.92 Å². The molecule has 0 saturated carbocycles. The van der Waals surface area contributed by atoms with Crippen molar-refractivity contribution in [1.29, 1.82) is 0 Å². The maximum absolute atomic E-state index is 11.7. The van der Waals surface area contributed by atoms with Crippen LogP contribution in [0.25, 0.3) is 0 Å². The van der Waals surface area contributed by atoms with Crippen LogP contribution in [0.2, 0.25) is 0 Å². The summed E-state index contributed by atoms with van der Waals surface area (Å²) in [7, 11) is 0. The van der Waals surface area contributed by atoms with E-state index in [1.54, 1.807) is 18.2 Å². The summed E-state index contributed by atoms with van der Waals surface area (Å²) in [6, 6.07) is -0.878. The van der Waals surface area contributed by atoms with Crippen molar-refractivity contribution < 1.29 is 19.4 Å². The number of aliphatic carboxylic acids is 1. The molecule has 16 heavy (non-hydrogen) atoms. The molecule has 1 unspecified atom stereocenters. The van der Waals surface area contributed by atoms with E-state index in [0.717, 1.165) is 0 Å². The van der Waals surface area contributed by atoms with Crippen molar-refractivity contribution in [2.75, 3.05) is 19.8 Å². The lowest BCUT2D eigenvalue weighted by Crippen LogP contribution is -2.52. The Kier molecular flexibility index (Phi) is 4.72. The van der Waals surface area contributed by atoms with Gasteiger partial charge in [0.15, 0.2) is 6.04 Å². The van der Waals surface area contributed by atoms with Gasteiger partial charge in [-0.1, -0.05) is 18.2 Å². The average molecular weight is 225 g/mol. The maximum atomic E-state index is 11.7. The number of ether oxygens (including phenoxy) is 1. The molecule has 0 aliphatic carbocycles. The Bertz CT molecular complexity index is 322. The molecule has 1 aliphatic heterocycles. The molecule has 1 rings (SSSR count). The highest BCUT2D eigenvalue weighted by molar-refractivity contribution is 5.91. The van der Waals surface area contributed by atoms with Gasteiger partial charge in [0.2, 0.25) is 5.91 Å². The SMILES string of the molecule is CC=CC=CC(=O)N1CCOCC1C(=O)O. The second-order valence-corrected chi connectivity index (χ2v) is 3.35. The third-order valence-corrected chi connectivity index (χ3v) is 2.24. The van der Waals surface area contributed by atoms with Gasteiger partial charge >= 0.3 is 5.97 Å². The molecule has 1 saturated heterocycles. The summed E-state index contributed by atoms with van der Waals surface area (Å²) in [4.78, 5) is 23.9. The van der Waals surface area contributed by atoms with E-state index >= 15 is 0 Å². The Labute approximate surface area is 94.0 Å². The molecule has 1 aliphatic rings. The first-order valence-electron chi connectivity index (χ1n) is 5.07. The molecule has 5 nitrogen and oxygen atoms in total. The predicted octanol–water partition coefficient (Wildman–Crippen LogP) is 0.431. The molecule has 1 N–H and O–H groups in total. The molecule has 0 bridgehead atoms. The standard InChI is InChI=1S/C11H15NO4/c1-2-3-4-5-10(13)12-6-7-16-8-9(12)11(14)15/h2-5,9H,6-8H2,1H3,(H,14,15). The summed E-state index contributed by atoms with van der Waals surface area (Å²) in [5.74, 6) is -1.33. The number of hydrogen-bond donors (Lipinski definition) is 1. The minimum absolute atomic E-state index is 0.0541. The van der Waals surface area contributed by atoms with Crippen molar-refractivity contribution in [2.24, 2.45) is 0 Å². The lowest BCUT2D eigenvalue weighted by molar-refractivity contribution is -0.156. The molecular formula is C11H15NO4. The molecule has 1 fully saturated rings. The molecule has 0 radical (unpaired) electrons. The Balaban J connectivity index is 2.67. The highest BCUT2D eigenvalue weighted by atomic mass is 16.5. The summed E-state index contributed by atoms with van der Waals surface area (Å²) < 4.78 is 5.04. The van der Waals surface area contributed by atoms with Crippen LogP contribution in [0.15, 0.2) is 24.3 Å². The zero-order valence-corrected chi connectivity index (χ0v) is 9.13. The molecule has 1 heterocycles. The first-order chi connectivity index (χ1) is 7.66. The number of carboxylic acids is 1. The summed E-state index contributed by atoms with van der Waals surface area (Å²) in [5.41, 5.74) is 0. The molecule has 1 atom stereocenters. The lowest BCUT2D eigenvalue weighted by Gasteiger charge is -2.31. The normalized spacial score (nSPS) is 21.8. The number of carbonyl (C=O) groups is 2. The van der Waals surface area contributed by atoms with Crippen LogP contribution in [0.5, 0.6) is 0 Å². The highest BCUT2D eigenvalue weighted by Crippen LogP contribution is 2.08. The summed E-state index contributed by atoms with van der Waals surface area (Å²) in [6.07, 6.45) is 6.46. The Hall–Kier alpha value is -1.62. The zero-order chi connectivity index (χ0) is 12.0. The smallest absolute Gasteiger partial charge is 0.328 e. The largest absolute Gasteiger partial charge is 0.480 e. The maximum Gasteiger partial charge on any atom is 0.328 e. The number of allylic oxidation sites excluding steroid dienone is 3. The van der Waals surface area contributed by atoms with Gasteiger partial charge < -0.3 is 14.7 Å². The zero-order valence-electron chi connectivity index (χ0n) is 9.13. The van der Waals surface area contributed by atoms with Gasteiger partial charge in [-0.15, -0.1) is 0 Å². The van der Waals surface area contributed by atoms with Crippen molar-refractivity contribution in [2.45, 2.75) is 13.0 Å². The number of amides is 1. The molecule has 5 heteroatoms. The minimum Gasteiger partial charge on any atom is -0.480 e. The fourth-order valence-corrected chi connectivity index (χ4v) is 1.42. The van der Waals surface area contributed by atoms with Crippen molar-refractivity contribution in [3.63, 3.8) is 0 Å². The first-order valence-corrected chi connectivity index (χ1v) is 5.07. The van der Waals surface area contributed by atoms with Crippen molar-refractivity contribution >= 4 is 11.9 Å². The highest BCUT2D eigenvalue weighted by Gasteiger charge is 2.31. The second kappa shape index (κ2) is 6.07. The third kappa shape index (κ3) is 3.20. The molecule has 1 amide bonds. The molecule has 88 valence electrons. The van der Waals surface area contributed by atoms with E-state index in [-0.39, 0.29) is 12.5 Å². The number of carboxylic acid groups (broad SMARTS) is 1. The van der Waals surface area contributed by atoms with Crippen LogP contribution in [0, 0.1) is 0 Å². The molecule has 0 spiro atoms. The van der Waals surface area contributed by atoms with Crippen molar-refractivity contribution in [1.82, 2.24) is 4.90 Å². The topological polar surface area (TPSA) is 66.8 Å². The quantitative estimate of drug-likeness (QED) is 0.558. The van der Waals surface area contributed by atoms with Crippen LogP contribution in [0.3, 0.4) is 0 Å². The van der Waals surface area contributed by atoms with Gasteiger partial charge in [0, 0.05) is 12.6 Å². The minimum atomic E-state index is -1.03. The Morgan fingerprint density at radius 2 is 2.19 bits per heavy atom. The fraction of sp³-hybridized carbons (Fsp3) is 0.455. The first kappa shape index (κ1) is 12.4. The number of carbonyl (C=O) groups excluding carboxylic acids is 1. The van der Waals surface area contributed by atoms with E-state index in [9.17, 15) is 9.59 Å². The van der Waals surface area contributed by atoms with Gasteiger partial charge in [0.05, 0.1) is 13.2 Å². The van der Waals surface area contributed by atoms with Gasteiger partial charge in [-0.2, -0.15) is 0 Å². The van der Waals surface area contributed by atoms with Crippen LogP contribution in [0.4, 0.5) is 0 Å². The van der Waals surface area contributed by atoms with Gasteiger partial charge in [0.1, 0.15) is 0 Å². The van der Waals surface area contributed by atoms with Crippen LogP contribution < -0.4 is 0 Å². The van der Waals surface area contributed by atoms with E-state index in [0.29, 0.717) is 13.2 Å². The van der Waals surface area contributed by atoms with Crippen LogP contribution in [-0.2, 0) is 14.3 Å². The predicted molar refractivity (Wildman–Crippen MR) is 57.9 cm³/mol. The monoisotopic (exact) mass is 225 g/mol. The Morgan fingerprint density at radius 3 is 2.81 bits per heavy atom. The van der Waals surface area contributed by atoms with E-state index in [4.69, 9.17) is 9.84 Å². The molecular weight excluding hydrogens is 210 g/mol. The number of morpholine rings is 1. The van der Waals surface area contributed by atoms with E-state index in [1.165, 1.54) is 11.0 Å². The lowest BCUT2D eigenvalue weighted by atomic mass is 10.2. The van der Waals surface area contributed by atoms with E-state index in [1.807, 2.05) is 6.92 Å². The van der Waals surface area contributed by atoms with E-state index in [2.05, 4.69) is 0 Å². The van der Waals surface area contributed by atoms with Crippen LogP contribution >= 0.6 is 0 Å². The fourth-order valence-electron chi connectivity index (χ4n) is 1.42. The molecule has 0 aromatic rings. The molecule has 0 aromatic carbocycles. The number of rotatable bonds is 3. The van der Waals surface area contributed by atoms with Crippen LogP contribution in [-0.4, -0.2) is 47.7 Å². The van der Waals surface area contributed by atoms with Crippen molar-refractivity contribution in [3.8, 4) is 0 Å². The van der Waals surface area contributed by atoms with Crippen molar-refractivity contribution in [3.05, 3.63) is 24.3 Å². The van der Waals surface area contributed by atoms with Gasteiger partial charge in [-0.25, -0.2) is 4.79 Å². The van der Waals surface area contributed by atoms with Crippen LogP contribution in [0.1, 0.15) is 6.92 Å². The molecule has 0 aromatic heterocycles.